The summed E-state index contributed by atoms with van der Waals surface area (Å²) in [5, 5.41) is 2.81. The second-order valence-corrected chi connectivity index (χ2v) is 6.96. The molecule has 140 valence electrons. The van der Waals surface area contributed by atoms with Crippen molar-refractivity contribution in [2.45, 2.75) is 32.2 Å². The lowest BCUT2D eigenvalue weighted by Gasteiger charge is -2.33. The molecular formula is C19H25N3O4. The van der Waals surface area contributed by atoms with Gasteiger partial charge < -0.3 is 10.1 Å². The summed E-state index contributed by atoms with van der Waals surface area (Å²) in [6.07, 6.45) is 1.61. The van der Waals surface area contributed by atoms with Gasteiger partial charge in [-0.25, -0.2) is 9.69 Å². The Morgan fingerprint density at radius 2 is 2.04 bits per heavy atom. The number of likely N-dealkylation sites (tertiary alicyclic amines) is 1. The van der Waals surface area contributed by atoms with E-state index in [9.17, 15) is 14.4 Å². The van der Waals surface area contributed by atoms with Crippen molar-refractivity contribution >= 4 is 17.9 Å². The third-order valence-electron chi connectivity index (χ3n) is 5.09. The van der Waals surface area contributed by atoms with Gasteiger partial charge in [0.1, 0.15) is 5.54 Å². The summed E-state index contributed by atoms with van der Waals surface area (Å²) < 4.78 is 5.11. The van der Waals surface area contributed by atoms with E-state index in [0.717, 1.165) is 24.9 Å². The van der Waals surface area contributed by atoms with E-state index in [-0.39, 0.29) is 24.5 Å². The van der Waals surface area contributed by atoms with Gasteiger partial charge in [0.25, 0.3) is 5.91 Å². The van der Waals surface area contributed by atoms with Crippen LogP contribution in [-0.2, 0) is 19.9 Å². The van der Waals surface area contributed by atoms with E-state index in [1.807, 2.05) is 35.2 Å². The molecule has 7 nitrogen and oxygen atoms in total. The SMILES string of the molecule is CCOC(=O)[C@@H]1CCCN(CN2C(=O)N[C@](C)(c3ccccc3)C2=O)C1. The van der Waals surface area contributed by atoms with Crippen LogP contribution < -0.4 is 5.32 Å². The molecule has 2 fully saturated rings. The predicted octanol–water partition coefficient (Wildman–Crippen LogP) is 1.69. The number of imide groups is 1. The molecule has 7 heteroatoms. The largest absolute Gasteiger partial charge is 0.466 e. The van der Waals surface area contributed by atoms with E-state index in [2.05, 4.69) is 5.32 Å². The summed E-state index contributed by atoms with van der Waals surface area (Å²) in [4.78, 5) is 40.6. The zero-order valence-corrected chi connectivity index (χ0v) is 15.2. The molecule has 0 bridgehead atoms. The second kappa shape index (κ2) is 7.45. The molecule has 0 unspecified atom stereocenters. The molecule has 2 atom stereocenters. The molecule has 1 N–H and O–H groups in total. The second-order valence-electron chi connectivity index (χ2n) is 6.96. The van der Waals surface area contributed by atoms with E-state index < -0.39 is 11.6 Å². The molecule has 0 radical (unpaired) electrons. The third-order valence-corrected chi connectivity index (χ3v) is 5.09. The molecule has 3 amide bonds. The molecule has 1 aromatic carbocycles. The number of hydrogen-bond acceptors (Lipinski definition) is 5. The topological polar surface area (TPSA) is 79.0 Å². The van der Waals surface area contributed by atoms with Gasteiger partial charge in [-0.2, -0.15) is 0 Å². The molecule has 0 aliphatic carbocycles. The molecule has 1 aromatic rings. The molecule has 0 spiro atoms. The average molecular weight is 359 g/mol. The van der Waals surface area contributed by atoms with Crippen LogP contribution in [0, 0.1) is 5.92 Å². The fourth-order valence-electron chi connectivity index (χ4n) is 3.63. The first-order valence-corrected chi connectivity index (χ1v) is 9.04. The normalized spacial score (nSPS) is 26.7. The Labute approximate surface area is 153 Å². The van der Waals surface area contributed by atoms with Crippen molar-refractivity contribution in [1.82, 2.24) is 15.1 Å². The Morgan fingerprint density at radius 1 is 1.31 bits per heavy atom. The van der Waals surface area contributed by atoms with Gasteiger partial charge in [-0.05, 0) is 38.8 Å². The van der Waals surface area contributed by atoms with Crippen LogP contribution in [0.5, 0.6) is 0 Å². The van der Waals surface area contributed by atoms with Crippen LogP contribution in [0.25, 0.3) is 0 Å². The fourth-order valence-corrected chi connectivity index (χ4v) is 3.63. The van der Waals surface area contributed by atoms with Gasteiger partial charge in [0.05, 0.1) is 19.2 Å². The van der Waals surface area contributed by atoms with E-state index in [0.29, 0.717) is 13.2 Å². The van der Waals surface area contributed by atoms with E-state index in [1.54, 1.807) is 13.8 Å². The molecule has 3 rings (SSSR count). The van der Waals surface area contributed by atoms with E-state index in [4.69, 9.17) is 4.74 Å². The van der Waals surface area contributed by atoms with Crippen LogP contribution in [-0.4, -0.2) is 54.1 Å². The third kappa shape index (κ3) is 3.44. The van der Waals surface area contributed by atoms with Crippen molar-refractivity contribution < 1.29 is 19.1 Å². The highest BCUT2D eigenvalue weighted by Crippen LogP contribution is 2.29. The van der Waals surface area contributed by atoms with Crippen LogP contribution >= 0.6 is 0 Å². The number of carbonyl (C=O) groups excluding carboxylic acids is 3. The summed E-state index contributed by atoms with van der Waals surface area (Å²) in [5.74, 6) is -0.680. The minimum absolute atomic E-state index is 0.184. The van der Waals surface area contributed by atoms with Crippen molar-refractivity contribution in [3.63, 3.8) is 0 Å². The predicted molar refractivity (Wildman–Crippen MR) is 95.0 cm³/mol. The molecule has 0 aromatic heterocycles. The summed E-state index contributed by atoms with van der Waals surface area (Å²) >= 11 is 0. The molecule has 2 heterocycles. The van der Waals surface area contributed by atoms with Gasteiger partial charge in [0.2, 0.25) is 0 Å². The highest BCUT2D eigenvalue weighted by molar-refractivity contribution is 6.07. The number of nitrogens with zero attached hydrogens (tertiary/aromatic N) is 2. The summed E-state index contributed by atoms with van der Waals surface area (Å²) in [6, 6.07) is 8.82. The summed E-state index contributed by atoms with van der Waals surface area (Å²) in [6.45, 7) is 5.30. The van der Waals surface area contributed by atoms with Gasteiger partial charge in [-0.3, -0.25) is 14.5 Å². The Kier molecular flexibility index (Phi) is 5.27. The maximum atomic E-state index is 13.0. The van der Waals surface area contributed by atoms with E-state index in [1.165, 1.54) is 4.90 Å². The first-order valence-electron chi connectivity index (χ1n) is 9.04. The van der Waals surface area contributed by atoms with Crippen molar-refractivity contribution in [3.8, 4) is 0 Å². The van der Waals surface area contributed by atoms with Crippen LogP contribution in [0.3, 0.4) is 0 Å². The maximum Gasteiger partial charge on any atom is 0.326 e. The van der Waals surface area contributed by atoms with Gasteiger partial charge in [0.15, 0.2) is 0 Å². The molecule has 2 aliphatic rings. The Hall–Kier alpha value is -2.41. The lowest BCUT2D eigenvalue weighted by atomic mass is 9.92. The molecule has 0 saturated carbocycles. The minimum atomic E-state index is -1.06. The Balaban J connectivity index is 1.69. The van der Waals surface area contributed by atoms with Crippen LogP contribution in [0.4, 0.5) is 4.79 Å². The zero-order chi connectivity index (χ0) is 18.7. The first kappa shape index (κ1) is 18.4. The smallest absolute Gasteiger partial charge is 0.326 e. The minimum Gasteiger partial charge on any atom is -0.466 e. The number of esters is 1. The van der Waals surface area contributed by atoms with Crippen molar-refractivity contribution in [3.05, 3.63) is 35.9 Å². The first-order chi connectivity index (χ1) is 12.5. The lowest BCUT2D eigenvalue weighted by molar-refractivity contribution is -0.150. The highest BCUT2D eigenvalue weighted by atomic mass is 16.5. The number of amides is 3. The van der Waals surface area contributed by atoms with Crippen molar-refractivity contribution in [2.24, 2.45) is 5.92 Å². The Morgan fingerprint density at radius 3 is 2.73 bits per heavy atom. The van der Waals surface area contributed by atoms with Gasteiger partial charge >= 0.3 is 12.0 Å². The van der Waals surface area contributed by atoms with Gasteiger partial charge in [-0.1, -0.05) is 30.3 Å². The number of rotatable bonds is 5. The molecule has 2 saturated heterocycles. The van der Waals surface area contributed by atoms with Crippen LogP contribution in [0.15, 0.2) is 30.3 Å². The standard InChI is InChI=1S/C19H25N3O4/c1-3-26-16(23)14-8-7-11-21(12-14)13-22-17(24)19(2,20-18(22)25)15-9-5-4-6-10-15/h4-6,9-10,14H,3,7-8,11-13H2,1-2H3,(H,20,25)/t14-,19-/m1/s1. The zero-order valence-electron chi connectivity index (χ0n) is 15.2. The molecule has 26 heavy (non-hydrogen) atoms. The Bertz CT molecular complexity index is 693. The number of hydrogen-bond donors (Lipinski definition) is 1. The van der Waals surface area contributed by atoms with Crippen LogP contribution in [0.2, 0.25) is 0 Å². The number of nitrogens with one attached hydrogen (secondary N) is 1. The number of ether oxygens (including phenoxy) is 1. The average Bonchev–Trinajstić information content (AvgIpc) is 2.87. The van der Waals surface area contributed by atoms with Gasteiger partial charge in [-0.15, -0.1) is 0 Å². The highest BCUT2D eigenvalue weighted by Gasteiger charge is 2.49. The molecule has 2 aliphatic heterocycles. The number of urea groups is 1. The molecular weight excluding hydrogens is 334 g/mol. The van der Waals surface area contributed by atoms with Crippen molar-refractivity contribution in [2.75, 3.05) is 26.4 Å². The summed E-state index contributed by atoms with van der Waals surface area (Å²) in [5.41, 5.74) is -0.307. The summed E-state index contributed by atoms with van der Waals surface area (Å²) in [7, 11) is 0. The van der Waals surface area contributed by atoms with Gasteiger partial charge in [0, 0.05) is 6.54 Å². The number of piperidine rings is 1. The maximum absolute atomic E-state index is 13.0. The fraction of sp³-hybridized carbons (Fsp3) is 0.526. The monoisotopic (exact) mass is 359 g/mol. The van der Waals surface area contributed by atoms with Crippen LogP contribution in [0.1, 0.15) is 32.3 Å². The number of benzene rings is 1. The van der Waals surface area contributed by atoms with E-state index >= 15 is 0 Å². The lowest BCUT2D eigenvalue weighted by Crippen LogP contribution is -2.48. The number of carbonyl (C=O) groups is 3. The quantitative estimate of drug-likeness (QED) is 0.639. The van der Waals surface area contributed by atoms with Crippen molar-refractivity contribution in [1.29, 1.82) is 0 Å².